The first-order valence-electron chi connectivity index (χ1n) is 9.07. The van der Waals surface area contributed by atoms with Crippen LogP contribution < -0.4 is 5.32 Å². The van der Waals surface area contributed by atoms with E-state index in [4.69, 9.17) is 16.3 Å². The number of rotatable bonds is 6. The molecule has 0 fully saturated rings. The summed E-state index contributed by atoms with van der Waals surface area (Å²) in [5.41, 5.74) is 1.71. The molecular formula is C21H18ClN3O5. The molecule has 0 saturated heterocycles. The maximum atomic E-state index is 12.6. The highest BCUT2D eigenvalue weighted by Gasteiger charge is 2.18. The monoisotopic (exact) mass is 427 g/mol. The number of carbonyl (C=O) groups is 2. The molecule has 0 aliphatic carbocycles. The molecule has 0 unspecified atom stereocenters. The highest BCUT2D eigenvalue weighted by atomic mass is 35.5. The minimum Gasteiger partial charge on any atom is -0.452 e. The Bertz CT molecular complexity index is 1150. The molecule has 0 atom stereocenters. The second kappa shape index (κ2) is 8.87. The van der Waals surface area contributed by atoms with Crippen LogP contribution in [0.5, 0.6) is 0 Å². The van der Waals surface area contributed by atoms with Crippen LogP contribution in [0.2, 0.25) is 5.02 Å². The van der Waals surface area contributed by atoms with E-state index in [9.17, 15) is 19.7 Å². The van der Waals surface area contributed by atoms with Crippen LogP contribution >= 0.6 is 11.6 Å². The smallest absolute Gasteiger partial charge is 0.339 e. The van der Waals surface area contributed by atoms with E-state index in [1.807, 2.05) is 19.9 Å². The molecule has 0 aliphatic rings. The Kier molecular flexibility index (Phi) is 6.27. The number of anilines is 1. The zero-order valence-electron chi connectivity index (χ0n) is 16.2. The molecule has 30 heavy (non-hydrogen) atoms. The van der Waals surface area contributed by atoms with Crippen molar-refractivity contribution < 1.29 is 19.2 Å². The van der Waals surface area contributed by atoms with E-state index in [0.29, 0.717) is 16.5 Å². The molecule has 0 spiro atoms. The number of esters is 1. The van der Waals surface area contributed by atoms with Crippen LogP contribution in [0.3, 0.4) is 0 Å². The van der Waals surface area contributed by atoms with Crippen molar-refractivity contribution in [3.8, 4) is 0 Å². The van der Waals surface area contributed by atoms with Gasteiger partial charge in [-0.15, -0.1) is 0 Å². The van der Waals surface area contributed by atoms with E-state index < -0.39 is 23.4 Å². The minimum absolute atomic E-state index is 0.00517. The summed E-state index contributed by atoms with van der Waals surface area (Å²) in [6.45, 7) is 3.39. The van der Waals surface area contributed by atoms with Gasteiger partial charge in [0.25, 0.3) is 11.6 Å². The van der Waals surface area contributed by atoms with Gasteiger partial charge in [0.1, 0.15) is 0 Å². The normalized spacial score (nSPS) is 10.8. The van der Waals surface area contributed by atoms with Crippen molar-refractivity contribution in [2.75, 3.05) is 11.9 Å². The Hall–Kier alpha value is -3.52. The first-order chi connectivity index (χ1) is 14.3. The summed E-state index contributed by atoms with van der Waals surface area (Å²) >= 11 is 5.95. The Labute approximate surface area is 177 Å². The van der Waals surface area contributed by atoms with E-state index in [0.717, 1.165) is 11.8 Å². The number of hydrogen-bond donors (Lipinski definition) is 1. The number of nitrogens with zero attached hydrogens (tertiary/aromatic N) is 2. The molecular weight excluding hydrogens is 410 g/mol. The lowest BCUT2D eigenvalue weighted by Crippen LogP contribution is -2.21. The highest BCUT2D eigenvalue weighted by Crippen LogP contribution is 2.27. The predicted octanol–water partition coefficient (Wildman–Crippen LogP) is 4.72. The van der Waals surface area contributed by atoms with Crippen LogP contribution in [0.1, 0.15) is 35.8 Å². The first-order valence-corrected chi connectivity index (χ1v) is 9.44. The van der Waals surface area contributed by atoms with Gasteiger partial charge in [-0.1, -0.05) is 43.6 Å². The lowest BCUT2D eigenvalue weighted by Gasteiger charge is -2.12. The summed E-state index contributed by atoms with van der Waals surface area (Å²) in [7, 11) is 0. The van der Waals surface area contributed by atoms with Crippen molar-refractivity contribution in [1.82, 2.24) is 4.98 Å². The number of fused-ring (bicyclic) bond motifs is 1. The number of pyridine rings is 1. The molecule has 3 rings (SSSR count). The Morgan fingerprint density at radius 1 is 1.20 bits per heavy atom. The summed E-state index contributed by atoms with van der Waals surface area (Å²) in [5.74, 6) is -1.17. The third-order valence-electron chi connectivity index (χ3n) is 4.32. The molecule has 0 aliphatic heterocycles. The molecule has 1 heterocycles. The van der Waals surface area contributed by atoms with Crippen molar-refractivity contribution in [3.05, 3.63) is 74.9 Å². The van der Waals surface area contributed by atoms with Crippen LogP contribution in [0, 0.1) is 10.1 Å². The standard InChI is InChI=1S/C21H18ClN3O5/c1-12(2)19-10-15(14-5-3-4-6-17(14)23-19)21(27)30-11-20(26)24-18-8-7-13(25(28)29)9-16(18)22/h3-10,12H,11H2,1-2H3,(H,24,26). The third kappa shape index (κ3) is 4.72. The molecule has 1 amide bonds. The van der Waals surface area contributed by atoms with Crippen molar-refractivity contribution in [2.45, 2.75) is 19.8 Å². The zero-order valence-corrected chi connectivity index (χ0v) is 17.0. The number of nitro benzene ring substituents is 1. The first kappa shape index (κ1) is 21.2. The van der Waals surface area contributed by atoms with Gasteiger partial charge in [-0.3, -0.25) is 19.9 Å². The zero-order chi connectivity index (χ0) is 21.8. The number of carbonyl (C=O) groups excluding carboxylic acids is 2. The quantitative estimate of drug-likeness (QED) is 0.346. The summed E-state index contributed by atoms with van der Waals surface area (Å²) in [6, 6.07) is 12.5. The van der Waals surface area contributed by atoms with E-state index in [1.54, 1.807) is 24.3 Å². The summed E-state index contributed by atoms with van der Waals surface area (Å²) in [5, 5.41) is 13.9. The number of aromatic nitrogens is 1. The van der Waals surface area contributed by atoms with Crippen molar-refractivity contribution in [1.29, 1.82) is 0 Å². The Balaban J connectivity index is 1.73. The van der Waals surface area contributed by atoms with Crippen molar-refractivity contribution >= 4 is 45.8 Å². The molecule has 1 N–H and O–H groups in total. The number of nitrogens with one attached hydrogen (secondary N) is 1. The average Bonchev–Trinajstić information content (AvgIpc) is 2.72. The molecule has 0 radical (unpaired) electrons. The largest absolute Gasteiger partial charge is 0.452 e. The maximum absolute atomic E-state index is 12.6. The maximum Gasteiger partial charge on any atom is 0.339 e. The van der Waals surface area contributed by atoms with Gasteiger partial charge in [0, 0.05) is 23.2 Å². The van der Waals surface area contributed by atoms with Crippen LogP contribution in [0.15, 0.2) is 48.5 Å². The Morgan fingerprint density at radius 3 is 2.60 bits per heavy atom. The highest BCUT2D eigenvalue weighted by molar-refractivity contribution is 6.34. The lowest BCUT2D eigenvalue weighted by atomic mass is 10.0. The van der Waals surface area contributed by atoms with Gasteiger partial charge in [-0.25, -0.2) is 4.79 Å². The summed E-state index contributed by atoms with van der Waals surface area (Å²) in [6.07, 6.45) is 0. The number of halogens is 1. The number of amides is 1. The van der Waals surface area contributed by atoms with Crippen molar-refractivity contribution in [3.63, 3.8) is 0 Å². The molecule has 154 valence electrons. The van der Waals surface area contributed by atoms with Crippen LogP contribution in [-0.2, 0) is 9.53 Å². The van der Waals surface area contributed by atoms with Crippen LogP contribution in [-0.4, -0.2) is 28.4 Å². The van der Waals surface area contributed by atoms with Gasteiger partial charge >= 0.3 is 5.97 Å². The average molecular weight is 428 g/mol. The second-order valence-electron chi connectivity index (χ2n) is 6.81. The predicted molar refractivity (Wildman–Crippen MR) is 113 cm³/mol. The summed E-state index contributed by atoms with van der Waals surface area (Å²) in [4.78, 5) is 39.5. The van der Waals surface area contributed by atoms with Crippen molar-refractivity contribution in [2.24, 2.45) is 0 Å². The molecule has 3 aromatic rings. The number of hydrogen-bond acceptors (Lipinski definition) is 6. The molecule has 0 saturated carbocycles. The number of ether oxygens (including phenoxy) is 1. The molecule has 8 nitrogen and oxygen atoms in total. The van der Waals surface area contributed by atoms with Crippen LogP contribution in [0.25, 0.3) is 10.9 Å². The molecule has 9 heteroatoms. The SMILES string of the molecule is CC(C)c1cc(C(=O)OCC(=O)Nc2ccc([N+](=O)[O-])cc2Cl)c2ccccc2n1. The fourth-order valence-electron chi connectivity index (χ4n) is 2.77. The number of nitro groups is 1. The minimum atomic E-state index is -0.652. The second-order valence-corrected chi connectivity index (χ2v) is 7.22. The fraction of sp³-hybridized carbons (Fsp3) is 0.190. The molecule has 0 bridgehead atoms. The molecule has 2 aromatic carbocycles. The van der Waals surface area contributed by atoms with E-state index >= 15 is 0 Å². The molecule has 1 aromatic heterocycles. The fourth-order valence-corrected chi connectivity index (χ4v) is 3.00. The third-order valence-corrected chi connectivity index (χ3v) is 4.63. The van der Waals surface area contributed by atoms with E-state index in [2.05, 4.69) is 10.3 Å². The topological polar surface area (TPSA) is 111 Å². The number of benzene rings is 2. The number of para-hydroxylation sites is 1. The van der Waals surface area contributed by atoms with E-state index in [1.165, 1.54) is 12.1 Å². The van der Waals surface area contributed by atoms with Gasteiger partial charge < -0.3 is 10.1 Å². The van der Waals surface area contributed by atoms with Gasteiger partial charge in [0.15, 0.2) is 6.61 Å². The summed E-state index contributed by atoms with van der Waals surface area (Å²) < 4.78 is 5.18. The van der Waals surface area contributed by atoms with Gasteiger partial charge in [-0.2, -0.15) is 0 Å². The van der Waals surface area contributed by atoms with Gasteiger partial charge in [0.05, 0.1) is 26.7 Å². The van der Waals surface area contributed by atoms with Gasteiger partial charge in [0.2, 0.25) is 0 Å². The lowest BCUT2D eigenvalue weighted by molar-refractivity contribution is -0.384. The van der Waals surface area contributed by atoms with E-state index in [-0.39, 0.29) is 22.3 Å². The van der Waals surface area contributed by atoms with Crippen LogP contribution in [0.4, 0.5) is 11.4 Å². The number of non-ortho nitro benzene ring substituents is 1. The Morgan fingerprint density at radius 2 is 1.93 bits per heavy atom. The van der Waals surface area contributed by atoms with Gasteiger partial charge in [-0.05, 0) is 24.1 Å².